The molecule has 4 rings (SSSR count). The Morgan fingerprint density at radius 2 is 1.77 bits per heavy atom. The third-order valence-corrected chi connectivity index (χ3v) is 5.53. The molecule has 40 heavy (non-hydrogen) atoms. The highest BCUT2D eigenvalue weighted by Crippen LogP contribution is 2.29. The van der Waals surface area contributed by atoms with Gasteiger partial charge in [0.1, 0.15) is 41.3 Å². The van der Waals surface area contributed by atoms with Gasteiger partial charge in [-0.25, -0.2) is 23.8 Å². The number of nitrogen functional groups attached to an aromatic ring is 1. The smallest absolute Gasteiger partial charge is 0.324 e. The number of aromatic nitrogens is 4. The molecule has 0 aliphatic rings. The number of carbonyl (C=O) groups is 1. The van der Waals surface area contributed by atoms with E-state index in [2.05, 4.69) is 20.6 Å². The Bertz CT molecular complexity index is 1570. The summed E-state index contributed by atoms with van der Waals surface area (Å²) < 4.78 is 27.7. The number of anilines is 3. The molecule has 0 aliphatic heterocycles. The molecular formula is C28H29FN8O3. The van der Waals surface area contributed by atoms with E-state index in [-0.39, 0.29) is 40.2 Å². The van der Waals surface area contributed by atoms with Crippen molar-refractivity contribution in [2.24, 2.45) is 0 Å². The van der Waals surface area contributed by atoms with Crippen molar-refractivity contribution >= 4 is 23.4 Å². The Morgan fingerprint density at radius 3 is 2.40 bits per heavy atom. The maximum atomic E-state index is 14.9. The van der Waals surface area contributed by atoms with Gasteiger partial charge < -0.3 is 20.5 Å². The number of halogens is 1. The predicted molar refractivity (Wildman–Crippen MR) is 148 cm³/mol. The number of ether oxygens (including phenoxy) is 2. The van der Waals surface area contributed by atoms with Crippen molar-refractivity contribution in [1.29, 1.82) is 5.26 Å². The molecule has 0 unspecified atom stereocenters. The lowest BCUT2D eigenvalue weighted by molar-refractivity contribution is 0.242. The summed E-state index contributed by atoms with van der Waals surface area (Å²) in [6.07, 6.45) is 1.16. The van der Waals surface area contributed by atoms with Gasteiger partial charge in [0.25, 0.3) is 0 Å². The van der Waals surface area contributed by atoms with Gasteiger partial charge in [-0.2, -0.15) is 10.4 Å². The lowest BCUT2D eigenvalue weighted by Gasteiger charge is -2.14. The van der Waals surface area contributed by atoms with Crippen LogP contribution < -0.4 is 25.8 Å². The number of carbonyl (C=O) groups excluding carboxylic acids is 1. The predicted octanol–water partition coefficient (Wildman–Crippen LogP) is 5.78. The summed E-state index contributed by atoms with van der Waals surface area (Å²) in [5.74, 6) is 0.222. The quantitative estimate of drug-likeness (QED) is 0.265. The van der Waals surface area contributed by atoms with Gasteiger partial charge in [-0.15, -0.1) is 0 Å². The standard InChI is InChI=1S/C28H29FN8O3/c1-16(2)39-18-8-6-17(7-9-18)37-24(13-23(36-37)28(3,4)5)35-27(38)34-22-11-10-19(12-21(22)29)40-26-20(14-30)25(31)32-15-33-26/h6-13,15-16H,1-5H3,(H2,31,32,33)(H2,34,35,38). The molecule has 2 aromatic heterocycles. The number of benzene rings is 2. The van der Waals surface area contributed by atoms with E-state index in [0.717, 1.165) is 18.1 Å². The normalized spacial score (nSPS) is 11.2. The molecule has 0 radical (unpaired) electrons. The van der Waals surface area contributed by atoms with E-state index in [9.17, 15) is 14.4 Å². The van der Waals surface area contributed by atoms with Crippen molar-refractivity contribution in [2.75, 3.05) is 16.4 Å². The molecule has 2 aromatic carbocycles. The van der Waals surface area contributed by atoms with Crippen LogP contribution in [-0.2, 0) is 5.41 Å². The number of nitrogens with one attached hydrogen (secondary N) is 2. The molecule has 2 amide bonds. The zero-order valence-electron chi connectivity index (χ0n) is 22.7. The van der Waals surface area contributed by atoms with Crippen molar-refractivity contribution in [3.8, 4) is 29.1 Å². The van der Waals surface area contributed by atoms with Crippen molar-refractivity contribution in [3.05, 3.63) is 71.9 Å². The van der Waals surface area contributed by atoms with Crippen LogP contribution in [0.1, 0.15) is 45.9 Å². The monoisotopic (exact) mass is 544 g/mol. The second kappa shape index (κ2) is 11.3. The minimum Gasteiger partial charge on any atom is -0.491 e. The lowest BCUT2D eigenvalue weighted by Crippen LogP contribution is -2.22. The highest BCUT2D eigenvalue weighted by Gasteiger charge is 2.22. The zero-order chi connectivity index (χ0) is 29.0. The van der Waals surface area contributed by atoms with Crippen LogP contribution in [0.5, 0.6) is 17.4 Å². The Morgan fingerprint density at radius 1 is 1.07 bits per heavy atom. The summed E-state index contributed by atoms with van der Waals surface area (Å²) in [7, 11) is 0. The fourth-order valence-corrected chi connectivity index (χ4v) is 3.58. The number of nitriles is 1. The molecule has 0 saturated heterocycles. The van der Waals surface area contributed by atoms with Crippen LogP contribution in [0.3, 0.4) is 0 Å². The molecule has 11 nitrogen and oxygen atoms in total. The molecular weight excluding hydrogens is 515 g/mol. The summed E-state index contributed by atoms with van der Waals surface area (Å²) in [5.41, 5.74) is 6.66. The molecule has 0 bridgehead atoms. The topological polar surface area (TPSA) is 153 Å². The highest BCUT2D eigenvalue weighted by atomic mass is 19.1. The number of amides is 2. The van der Waals surface area contributed by atoms with Crippen LogP contribution in [0.15, 0.2) is 54.9 Å². The molecule has 4 N–H and O–H groups in total. The first-order valence-corrected chi connectivity index (χ1v) is 12.4. The van der Waals surface area contributed by atoms with Crippen LogP contribution in [-0.4, -0.2) is 31.9 Å². The summed E-state index contributed by atoms with van der Waals surface area (Å²) in [6.45, 7) is 9.92. The van der Waals surface area contributed by atoms with Crippen molar-refractivity contribution in [1.82, 2.24) is 19.7 Å². The fourth-order valence-electron chi connectivity index (χ4n) is 3.58. The first-order chi connectivity index (χ1) is 18.9. The Kier molecular flexibility index (Phi) is 7.85. The Labute approximate surface area is 230 Å². The first-order valence-electron chi connectivity index (χ1n) is 12.4. The first kappa shape index (κ1) is 27.8. The Hall–Kier alpha value is -5.18. The van der Waals surface area contributed by atoms with Crippen LogP contribution in [0.25, 0.3) is 5.69 Å². The van der Waals surface area contributed by atoms with Crippen LogP contribution >= 0.6 is 0 Å². The van der Waals surface area contributed by atoms with E-state index in [0.29, 0.717) is 17.3 Å². The number of rotatable bonds is 7. The summed E-state index contributed by atoms with van der Waals surface area (Å²) in [6, 6.07) is 14.1. The van der Waals surface area contributed by atoms with Gasteiger partial charge in [0, 0.05) is 17.5 Å². The molecule has 0 saturated carbocycles. The summed E-state index contributed by atoms with van der Waals surface area (Å²) in [4.78, 5) is 20.5. The van der Waals surface area contributed by atoms with E-state index in [1.54, 1.807) is 10.7 Å². The lowest BCUT2D eigenvalue weighted by atomic mass is 9.92. The minimum atomic E-state index is -0.766. The maximum absolute atomic E-state index is 14.9. The minimum absolute atomic E-state index is 0.0334. The average molecular weight is 545 g/mol. The molecule has 12 heteroatoms. The molecule has 0 spiro atoms. The van der Waals surface area contributed by atoms with E-state index in [4.69, 9.17) is 20.3 Å². The fraction of sp³-hybridized carbons (Fsp3) is 0.250. The van der Waals surface area contributed by atoms with E-state index >= 15 is 0 Å². The van der Waals surface area contributed by atoms with E-state index in [1.807, 2.05) is 65.0 Å². The molecule has 2 heterocycles. The molecule has 0 atom stereocenters. The molecule has 0 aliphatic carbocycles. The van der Waals surface area contributed by atoms with Crippen molar-refractivity contribution in [3.63, 3.8) is 0 Å². The van der Waals surface area contributed by atoms with Gasteiger partial charge in [0.05, 0.1) is 23.2 Å². The number of hydrogen-bond acceptors (Lipinski definition) is 8. The highest BCUT2D eigenvalue weighted by molar-refractivity contribution is 5.99. The van der Waals surface area contributed by atoms with Gasteiger partial charge in [0.2, 0.25) is 5.88 Å². The summed E-state index contributed by atoms with van der Waals surface area (Å²) in [5, 5.41) is 19.2. The maximum Gasteiger partial charge on any atom is 0.324 e. The van der Waals surface area contributed by atoms with Crippen molar-refractivity contribution < 1.29 is 18.7 Å². The molecule has 4 aromatic rings. The number of nitrogens with two attached hydrogens (primary N) is 1. The molecule has 0 fully saturated rings. The van der Waals surface area contributed by atoms with E-state index in [1.165, 1.54) is 12.1 Å². The van der Waals surface area contributed by atoms with Gasteiger partial charge in [-0.3, -0.25) is 5.32 Å². The Balaban J connectivity index is 1.53. The third kappa shape index (κ3) is 6.44. The van der Waals surface area contributed by atoms with Crippen LogP contribution in [0.2, 0.25) is 0 Å². The largest absolute Gasteiger partial charge is 0.491 e. The van der Waals surface area contributed by atoms with Gasteiger partial charge in [0.15, 0.2) is 5.56 Å². The SMILES string of the molecule is CC(C)Oc1ccc(-n2nc(C(C)(C)C)cc2NC(=O)Nc2ccc(Oc3ncnc(N)c3C#N)cc2F)cc1. The second-order valence-electron chi connectivity index (χ2n) is 10.1. The van der Waals surface area contributed by atoms with Crippen LogP contribution in [0, 0.1) is 17.1 Å². The van der Waals surface area contributed by atoms with Gasteiger partial charge in [-0.1, -0.05) is 20.8 Å². The second-order valence-corrected chi connectivity index (χ2v) is 10.1. The van der Waals surface area contributed by atoms with E-state index < -0.39 is 11.8 Å². The van der Waals surface area contributed by atoms with Gasteiger partial charge in [-0.05, 0) is 50.2 Å². The van der Waals surface area contributed by atoms with Crippen LogP contribution in [0.4, 0.5) is 26.5 Å². The number of hydrogen-bond donors (Lipinski definition) is 3. The summed E-state index contributed by atoms with van der Waals surface area (Å²) >= 11 is 0. The number of nitrogens with zero attached hydrogens (tertiary/aromatic N) is 5. The molecule has 206 valence electrons. The van der Waals surface area contributed by atoms with Gasteiger partial charge >= 0.3 is 6.03 Å². The number of urea groups is 1. The average Bonchev–Trinajstić information content (AvgIpc) is 3.30. The zero-order valence-corrected chi connectivity index (χ0v) is 22.7. The van der Waals surface area contributed by atoms with Crippen molar-refractivity contribution in [2.45, 2.75) is 46.1 Å². The third-order valence-electron chi connectivity index (χ3n) is 5.53.